The summed E-state index contributed by atoms with van der Waals surface area (Å²) in [5, 5.41) is 0.769. The molecule has 1 unspecified atom stereocenters. The third-order valence-electron chi connectivity index (χ3n) is 2.66. The summed E-state index contributed by atoms with van der Waals surface area (Å²) in [5.74, 6) is 0.645. The SMILES string of the molecule is CC(C)CN(C)C(CN)c1ccc(Cl)cc1. The van der Waals surface area contributed by atoms with Gasteiger partial charge in [0, 0.05) is 24.2 Å². The van der Waals surface area contributed by atoms with E-state index in [1.54, 1.807) is 0 Å². The van der Waals surface area contributed by atoms with Gasteiger partial charge in [-0.25, -0.2) is 0 Å². The van der Waals surface area contributed by atoms with Gasteiger partial charge in [0.05, 0.1) is 0 Å². The normalized spacial score (nSPS) is 13.4. The Hall–Kier alpha value is -0.570. The molecule has 16 heavy (non-hydrogen) atoms. The number of nitrogens with two attached hydrogens (primary N) is 1. The van der Waals surface area contributed by atoms with E-state index in [1.165, 1.54) is 5.56 Å². The van der Waals surface area contributed by atoms with Crippen molar-refractivity contribution >= 4 is 11.6 Å². The first-order valence-electron chi connectivity index (χ1n) is 5.70. The molecule has 3 heteroatoms. The quantitative estimate of drug-likeness (QED) is 0.858. The summed E-state index contributed by atoms with van der Waals surface area (Å²) >= 11 is 5.88. The van der Waals surface area contributed by atoms with Crippen molar-refractivity contribution in [3.05, 3.63) is 34.9 Å². The molecular formula is C13H21ClN2. The molecule has 0 heterocycles. The fourth-order valence-corrected chi connectivity index (χ4v) is 2.08. The van der Waals surface area contributed by atoms with Gasteiger partial charge in [0.1, 0.15) is 0 Å². The van der Waals surface area contributed by atoms with E-state index in [4.69, 9.17) is 17.3 Å². The number of rotatable bonds is 5. The molecule has 90 valence electrons. The van der Waals surface area contributed by atoms with Gasteiger partial charge in [-0.3, -0.25) is 4.90 Å². The van der Waals surface area contributed by atoms with Crippen molar-refractivity contribution in [2.75, 3.05) is 20.1 Å². The van der Waals surface area contributed by atoms with Gasteiger partial charge >= 0.3 is 0 Å². The van der Waals surface area contributed by atoms with Crippen LogP contribution in [-0.2, 0) is 0 Å². The van der Waals surface area contributed by atoms with E-state index < -0.39 is 0 Å². The first kappa shape index (κ1) is 13.5. The summed E-state index contributed by atoms with van der Waals surface area (Å²) in [6.45, 7) is 6.10. The van der Waals surface area contributed by atoms with Crippen LogP contribution < -0.4 is 5.73 Å². The van der Waals surface area contributed by atoms with Gasteiger partial charge in [-0.05, 0) is 30.7 Å². The van der Waals surface area contributed by atoms with Gasteiger partial charge in [0.25, 0.3) is 0 Å². The van der Waals surface area contributed by atoms with Gasteiger partial charge in [0.2, 0.25) is 0 Å². The van der Waals surface area contributed by atoms with Crippen molar-refractivity contribution in [3.8, 4) is 0 Å². The Morgan fingerprint density at radius 3 is 2.25 bits per heavy atom. The Balaban J connectivity index is 2.77. The second-order valence-electron chi connectivity index (χ2n) is 4.64. The van der Waals surface area contributed by atoms with E-state index in [0.717, 1.165) is 11.6 Å². The average Bonchev–Trinajstić information content (AvgIpc) is 2.21. The summed E-state index contributed by atoms with van der Waals surface area (Å²) < 4.78 is 0. The van der Waals surface area contributed by atoms with E-state index in [1.807, 2.05) is 12.1 Å². The first-order valence-corrected chi connectivity index (χ1v) is 6.08. The number of halogens is 1. The Morgan fingerprint density at radius 2 is 1.81 bits per heavy atom. The molecule has 0 aliphatic rings. The van der Waals surface area contributed by atoms with E-state index >= 15 is 0 Å². The smallest absolute Gasteiger partial charge is 0.0467 e. The number of hydrogen-bond acceptors (Lipinski definition) is 2. The topological polar surface area (TPSA) is 29.3 Å². The third-order valence-corrected chi connectivity index (χ3v) is 2.92. The minimum Gasteiger partial charge on any atom is -0.329 e. The molecule has 2 N–H and O–H groups in total. The van der Waals surface area contributed by atoms with E-state index in [9.17, 15) is 0 Å². The molecule has 0 aliphatic carbocycles. The highest BCUT2D eigenvalue weighted by molar-refractivity contribution is 6.30. The molecule has 2 nitrogen and oxygen atoms in total. The molecule has 0 spiro atoms. The highest BCUT2D eigenvalue weighted by Crippen LogP contribution is 2.21. The molecule has 0 saturated carbocycles. The fourth-order valence-electron chi connectivity index (χ4n) is 1.96. The molecule has 0 radical (unpaired) electrons. The summed E-state index contributed by atoms with van der Waals surface area (Å²) in [5.41, 5.74) is 7.08. The van der Waals surface area contributed by atoms with Crippen LogP contribution in [0.5, 0.6) is 0 Å². The van der Waals surface area contributed by atoms with Crippen LogP contribution in [0.15, 0.2) is 24.3 Å². The highest BCUT2D eigenvalue weighted by Gasteiger charge is 2.15. The summed E-state index contributed by atoms with van der Waals surface area (Å²) in [7, 11) is 2.12. The highest BCUT2D eigenvalue weighted by atomic mass is 35.5. The summed E-state index contributed by atoms with van der Waals surface area (Å²) in [4.78, 5) is 2.30. The van der Waals surface area contributed by atoms with Gasteiger partial charge in [-0.1, -0.05) is 37.6 Å². The van der Waals surface area contributed by atoms with Crippen molar-refractivity contribution in [1.29, 1.82) is 0 Å². The van der Waals surface area contributed by atoms with Crippen LogP contribution >= 0.6 is 11.6 Å². The number of benzene rings is 1. The molecule has 0 aliphatic heterocycles. The van der Waals surface area contributed by atoms with E-state index in [0.29, 0.717) is 12.5 Å². The lowest BCUT2D eigenvalue weighted by Crippen LogP contribution is -2.33. The van der Waals surface area contributed by atoms with Gasteiger partial charge in [-0.15, -0.1) is 0 Å². The Bertz CT molecular complexity index is 308. The monoisotopic (exact) mass is 240 g/mol. The Kier molecular flexibility index (Phi) is 5.26. The zero-order valence-corrected chi connectivity index (χ0v) is 11.0. The second kappa shape index (κ2) is 6.24. The van der Waals surface area contributed by atoms with Crippen molar-refractivity contribution in [2.45, 2.75) is 19.9 Å². The molecule has 1 rings (SSSR count). The van der Waals surface area contributed by atoms with Crippen LogP contribution in [0.3, 0.4) is 0 Å². The zero-order valence-electron chi connectivity index (χ0n) is 10.3. The van der Waals surface area contributed by atoms with Crippen molar-refractivity contribution in [1.82, 2.24) is 4.90 Å². The molecule has 0 fully saturated rings. The van der Waals surface area contributed by atoms with Crippen molar-refractivity contribution in [2.24, 2.45) is 11.7 Å². The van der Waals surface area contributed by atoms with Crippen LogP contribution in [0.25, 0.3) is 0 Å². The number of hydrogen-bond donors (Lipinski definition) is 1. The molecule has 0 saturated heterocycles. The Morgan fingerprint density at radius 1 is 1.25 bits per heavy atom. The number of likely N-dealkylation sites (N-methyl/N-ethyl adjacent to an activating group) is 1. The molecule has 0 aromatic heterocycles. The lowest BCUT2D eigenvalue weighted by molar-refractivity contribution is 0.224. The van der Waals surface area contributed by atoms with E-state index in [2.05, 4.69) is 37.9 Å². The van der Waals surface area contributed by atoms with Gasteiger partial charge in [0.15, 0.2) is 0 Å². The molecular weight excluding hydrogens is 220 g/mol. The third kappa shape index (κ3) is 3.78. The predicted molar refractivity (Wildman–Crippen MR) is 70.7 cm³/mol. The molecule has 1 aromatic carbocycles. The largest absolute Gasteiger partial charge is 0.329 e. The van der Waals surface area contributed by atoms with Crippen LogP contribution in [-0.4, -0.2) is 25.0 Å². The standard InChI is InChI=1S/C13H21ClN2/c1-10(2)9-16(3)13(8-15)11-4-6-12(14)7-5-11/h4-7,10,13H,8-9,15H2,1-3H3. The zero-order chi connectivity index (χ0) is 12.1. The van der Waals surface area contributed by atoms with Crippen LogP contribution in [0.2, 0.25) is 5.02 Å². The predicted octanol–water partition coefficient (Wildman–Crippen LogP) is 2.93. The van der Waals surface area contributed by atoms with Gasteiger partial charge < -0.3 is 5.73 Å². The maximum atomic E-state index is 5.88. The van der Waals surface area contributed by atoms with Crippen LogP contribution in [0.1, 0.15) is 25.5 Å². The second-order valence-corrected chi connectivity index (χ2v) is 5.07. The molecule has 0 amide bonds. The molecule has 1 aromatic rings. The number of nitrogens with zero attached hydrogens (tertiary/aromatic N) is 1. The maximum Gasteiger partial charge on any atom is 0.0467 e. The summed E-state index contributed by atoms with van der Waals surface area (Å²) in [6.07, 6.45) is 0. The first-order chi connectivity index (χ1) is 7.54. The molecule has 0 bridgehead atoms. The van der Waals surface area contributed by atoms with Crippen LogP contribution in [0, 0.1) is 5.92 Å². The maximum absolute atomic E-state index is 5.88. The minimum atomic E-state index is 0.277. The minimum absolute atomic E-state index is 0.277. The van der Waals surface area contributed by atoms with Crippen LogP contribution in [0.4, 0.5) is 0 Å². The van der Waals surface area contributed by atoms with Gasteiger partial charge in [-0.2, -0.15) is 0 Å². The lowest BCUT2D eigenvalue weighted by atomic mass is 10.0. The molecule has 1 atom stereocenters. The lowest BCUT2D eigenvalue weighted by Gasteiger charge is -2.28. The average molecular weight is 241 g/mol. The Labute approximate surface area is 103 Å². The van der Waals surface area contributed by atoms with E-state index in [-0.39, 0.29) is 6.04 Å². The summed E-state index contributed by atoms with van der Waals surface area (Å²) in [6, 6.07) is 8.22. The van der Waals surface area contributed by atoms with Crippen molar-refractivity contribution in [3.63, 3.8) is 0 Å². The van der Waals surface area contributed by atoms with Crippen molar-refractivity contribution < 1.29 is 0 Å². The fraction of sp³-hybridized carbons (Fsp3) is 0.538.